The number of rotatable bonds is 4. The molecule has 0 atom stereocenters. The standard InChI is InChI=1S/C15H16N6O4/c1-2-24-15(22)19-5-7-20(8-6-19)21(23)18-25-14-4-3-12(10-16)9-13(14)11-17/h3-4,9H,2,5-8H2,1H3/b21-18-. The fraction of sp³-hybridized carbons (Fsp3) is 0.400. The van der Waals surface area contributed by atoms with Crippen LogP contribution in [0.5, 0.6) is 5.75 Å². The van der Waals surface area contributed by atoms with Crippen LogP contribution in [0.4, 0.5) is 4.79 Å². The van der Waals surface area contributed by atoms with E-state index in [1.54, 1.807) is 6.92 Å². The molecule has 1 amide bonds. The Kier molecular flexibility index (Phi) is 5.96. The molecular weight excluding hydrogens is 328 g/mol. The van der Waals surface area contributed by atoms with Gasteiger partial charge in [-0.25, -0.2) is 4.79 Å². The molecule has 0 aromatic heterocycles. The Bertz CT molecular complexity index is 743. The third-order valence-corrected chi connectivity index (χ3v) is 3.46. The van der Waals surface area contributed by atoms with Gasteiger partial charge >= 0.3 is 6.09 Å². The van der Waals surface area contributed by atoms with Crippen LogP contribution in [-0.4, -0.2) is 53.8 Å². The second-order valence-corrected chi connectivity index (χ2v) is 5.00. The molecule has 0 saturated carbocycles. The minimum Gasteiger partial charge on any atom is -0.569 e. The largest absolute Gasteiger partial charge is 0.569 e. The summed E-state index contributed by atoms with van der Waals surface area (Å²) in [4.78, 5) is 18.4. The smallest absolute Gasteiger partial charge is 0.409 e. The van der Waals surface area contributed by atoms with Crippen molar-refractivity contribution in [1.29, 1.82) is 10.5 Å². The van der Waals surface area contributed by atoms with E-state index >= 15 is 0 Å². The number of hydrazine groups is 1. The molecule has 1 aromatic carbocycles. The van der Waals surface area contributed by atoms with Gasteiger partial charge in [0, 0.05) is 13.1 Å². The summed E-state index contributed by atoms with van der Waals surface area (Å²) < 4.78 is 4.90. The molecule has 0 spiro atoms. The summed E-state index contributed by atoms with van der Waals surface area (Å²) in [6.45, 7) is 3.21. The fourth-order valence-corrected chi connectivity index (χ4v) is 2.16. The van der Waals surface area contributed by atoms with Crippen LogP contribution in [-0.2, 0) is 4.74 Å². The molecule has 1 heterocycles. The van der Waals surface area contributed by atoms with Crippen LogP contribution >= 0.6 is 0 Å². The molecule has 1 aliphatic rings. The summed E-state index contributed by atoms with van der Waals surface area (Å²) >= 11 is 0. The van der Waals surface area contributed by atoms with Crippen molar-refractivity contribution in [3.63, 3.8) is 0 Å². The minimum atomic E-state index is -0.413. The lowest BCUT2D eigenvalue weighted by atomic mass is 10.1. The first-order valence-corrected chi connectivity index (χ1v) is 7.55. The highest BCUT2D eigenvalue weighted by molar-refractivity contribution is 5.67. The van der Waals surface area contributed by atoms with E-state index in [-0.39, 0.29) is 29.4 Å². The van der Waals surface area contributed by atoms with Gasteiger partial charge in [0.2, 0.25) is 5.28 Å². The van der Waals surface area contributed by atoms with E-state index in [1.807, 2.05) is 12.1 Å². The number of nitriles is 2. The van der Waals surface area contributed by atoms with Gasteiger partial charge in [-0.15, -0.1) is 5.01 Å². The van der Waals surface area contributed by atoms with Crippen molar-refractivity contribution in [2.45, 2.75) is 6.92 Å². The van der Waals surface area contributed by atoms with E-state index in [4.69, 9.17) is 20.1 Å². The Morgan fingerprint density at radius 2 is 2.04 bits per heavy atom. The Morgan fingerprint density at radius 1 is 1.32 bits per heavy atom. The van der Waals surface area contributed by atoms with Gasteiger partial charge in [0.1, 0.15) is 6.07 Å². The molecule has 1 fully saturated rings. The normalized spacial score (nSPS) is 14.4. The predicted molar refractivity (Wildman–Crippen MR) is 82.7 cm³/mol. The number of piperazine rings is 1. The molecule has 2 rings (SSSR count). The van der Waals surface area contributed by atoms with Gasteiger partial charge in [-0.3, -0.25) is 0 Å². The second-order valence-electron chi connectivity index (χ2n) is 5.00. The van der Waals surface area contributed by atoms with Crippen LogP contribution in [0.1, 0.15) is 18.1 Å². The van der Waals surface area contributed by atoms with E-state index in [1.165, 1.54) is 28.1 Å². The molecule has 1 saturated heterocycles. The molecule has 130 valence electrons. The van der Waals surface area contributed by atoms with E-state index in [0.29, 0.717) is 25.3 Å². The van der Waals surface area contributed by atoms with Gasteiger partial charge in [-0.05, 0) is 25.1 Å². The first-order valence-electron chi connectivity index (χ1n) is 7.55. The number of hydrogen-bond donors (Lipinski definition) is 0. The number of ether oxygens (including phenoxy) is 1. The van der Waals surface area contributed by atoms with Crippen molar-refractivity contribution < 1.29 is 19.3 Å². The maximum absolute atomic E-state index is 12.0. The maximum Gasteiger partial charge on any atom is 0.409 e. The molecule has 0 bridgehead atoms. The lowest BCUT2D eigenvalue weighted by molar-refractivity contribution is -0.708. The molecule has 1 aliphatic heterocycles. The molecule has 0 aliphatic carbocycles. The van der Waals surface area contributed by atoms with E-state index in [9.17, 15) is 10.0 Å². The summed E-state index contributed by atoms with van der Waals surface area (Å²) in [5.41, 5.74) is 0.404. The first kappa shape index (κ1) is 17.8. The maximum atomic E-state index is 12.0. The van der Waals surface area contributed by atoms with Crippen molar-refractivity contribution in [1.82, 2.24) is 9.91 Å². The van der Waals surface area contributed by atoms with Gasteiger partial charge in [0.25, 0.3) is 0 Å². The lowest BCUT2D eigenvalue weighted by Crippen LogP contribution is -2.50. The van der Waals surface area contributed by atoms with Gasteiger partial charge in [0.05, 0.1) is 41.9 Å². The summed E-state index contributed by atoms with van der Waals surface area (Å²) in [5.74, 6) is 0.0764. The van der Waals surface area contributed by atoms with Crippen LogP contribution in [0.2, 0.25) is 0 Å². The summed E-state index contributed by atoms with van der Waals surface area (Å²) in [5, 5.41) is 34.6. The zero-order chi connectivity index (χ0) is 18.2. The summed E-state index contributed by atoms with van der Waals surface area (Å²) in [6.07, 6.45) is -0.413. The number of benzene rings is 1. The van der Waals surface area contributed by atoms with Crippen LogP contribution in [0.3, 0.4) is 0 Å². The van der Waals surface area contributed by atoms with Crippen molar-refractivity contribution >= 4 is 6.09 Å². The van der Waals surface area contributed by atoms with Crippen molar-refractivity contribution in [3.05, 3.63) is 34.5 Å². The third kappa shape index (κ3) is 4.48. The van der Waals surface area contributed by atoms with Crippen LogP contribution in [0, 0.1) is 27.9 Å². The fourth-order valence-electron chi connectivity index (χ4n) is 2.16. The molecular formula is C15H16N6O4. The average Bonchev–Trinajstić information content (AvgIpc) is 2.66. The molecule has 10 nitrogen and oxygen atoms in total. The van der Waals surface area contributed by atoms with Crippen molar-refractivity contribution in [3.8, 4) is 17.9 Å². The first-order chi connectivity index (χ1) is 12.1. The zero-order valence-corrected chi connectivity index (χ0v) is 13.6. The number of hydrogen-bond acceptors (Lipinski definition) is 7. The van der Waals surface area contributed by atoms with E-state index in [2.05, 4.69) is 5.28 Å². The number of carbonyl (C=O) groups is 1. The van der Waals surface area contributed by atoms with Gasteiger partial charge in [-0.1, -0.05) is 0 Å². The Labute approximate surface area is 144 Å². The van der Waals surface area contributed by atoms with E-state index in [0.717, 1.165) is 0 Å². The summed E-state index contributed by atoms with van der Waals surface area (Å²) in [7, 11) is 0. The Morgan fingerprint density at radius 3 is 2.64 bits per heavy atom. The monoisotopic (exact) mass is 344 g/mol. The topological polar surface area (TPSA) is 128 Å². The van der Waals surface area contributed by atoms with Crippen LogP contribution in [0.25, 0.3) is 0 Å². The van der Waals surface area contributed by atoms with Crippen LogP contribution < -0.4 is 4.84 Å². The average molecular weight is 344 g/mol. The SMILES string of the molecule is CCOC(=O)N1CCN(/[N+]([O-])=N/Oc2ccc(C#N)cc2C#N)CC1. The molecule has 1 aromatic rings. The van der Waals surface area contributed by atoms with Gasteiger partial charge in [0.15, 0.2) is 5.75 Å². The molecule has 10 heteroatoms. The highest BCUT2D eigenvalue weighted by Gasteiger charge is 2.26. The number of amides is 1. The van der Waals surface area contributed by atoms with Crippen LogP contribution in [0.15, 0.2) is 23.5 Å². The molecule has 0 unspecified atom stereocenters. The van der Waals surface area contributed by atoms with Gasteiger partial charge in [-0.2, -0.15) is 10.5 Å². The highest BCUT2D eigenvalue weighted by Crippen LogP contribution is 2.19. The van der Waals surface area contributed by atoms with Gasteiger partial charge < -0.3 is 19.7 Å². The Balaban J connectivity index is 1.96. The highest BCUT2D eigenvalue weighted by atomic mass is 16.7. The van der Waals surface area contributed by atoms with Crippen molar-refractivity contribution in [2.24, 2.45) is 5.28 Å². The predicted octanol–water partition coefficient (Wildman–Crippen LogP) is 1.38. The third-order valence-electron chi connectivity index (χ3n) is 3.46. The summed E-state index contributed by atoms with van der Waals surface area (Å²) in [6, 6.07) is 7.98. The second kappa shape index (κ2) is 8.36. The lowest BCUT2D eigenvalue weighted by Gasteiger charge is -2.30. The number of carbonyl (C=O) groups excluding carboxylic acids is 1. The molecule has 0 radical (unpaired) electrons. The van der Waals surface area contributed by atoms with E-state index < -0.39 is 6.09 Å². The minimum absolute atomic E-state index is 0.0764. The van der Waals surface area contributed by atoms with Crippen molar-refractivity contribution in [2.75, 3.05) is 32.8 Å². The molecule has 0 N–H and O–H groups in total. The molecule has 25 heavy (non-hydrogen) atoms. The Hall–Kier alpha value is -3.53. The number of nitrogens with zero attached hydrogens (tertiary/aromatic N) is 6. The quantitative estimate of drug-likeness (QED) is 0.458. The zero-order valence-electron chi connectivity index (χ0n) is 13.6.